The fourth-order valence-corrected chi connectivity index (χ4v) is 4.61. The summed E-state index contributed by atoms with van der Waals surface area (Å²) in [5.41, 5.74) is 2.33. The maximum Gasteiger partial charge on any atom is 0.295 e. The van der Waals surface area contributed by atoms with Crippen molar-refractivity contribution in [3.05, 3.63) is 64.7 Å². The minimum atomic E-state index is -0.764. The molecule has 2 unspecified atom stereocenters. The number of carbonyl (C=O) groups is 2. The first-order valence-corrected chi connectivity index (χ1v) is 11.8. The van der Waals surface area contributed by atoms with E-state index in [1.54, 1.807) is 37.4 Å². The van der Waals surface area contributed by atoms with Crippen molar-refractivity contribution in [3.8, 4) is 11.5 Å². The number of hydrogen-bond donors (Lipinski definition) is 1. The number of ether oxygens (including phenoxy) is 3. The maximum atomic E-state index is 13.2. The smallest absolute Gasteiger partial charge is 0.295 e. The molecule has 0 aliphatic carbocycles. The average Bonchev–Trinajstić information content (AvgIpc) is 3.46. The van der Waals surface area contributed by atoms with E-state index in [9.17, 15) is 14.7 Å². The van der Waals surface area contributed by atoms with Gasteiger partial charge in [0.1, 0.15) is 5.76 Å². The number of aliphatic hydroxyl groups is 1. The normalized spacial score (nSPS) is 21.8. The summed E-state index contributed by atoms with van der Waals surface area (Å²) >= 11 is 0. The van der Waals surface area contributed by atoms with Crippen LogP contribution >= 0.6 is 0 Å². The number of carbonyl (C=O) groups excluding carboxylic acids is 2. The number of rotatable bonds is 8. The molecule has 2 aliphatic rings. The molecule has 2 aromatic carbocycles. The van der Waals surface area contributed by atoms with E-state index in [4.69, 9.17) is 14.2 Å². The number of Topliss-reactive ketones (excluding diaryl/α,β-unsaturated/α-hetero) is 1. The van der Waals surface area contributed by atoms with Gasteiger partial charge in [0.25, 0.3) is 11.7 Å². The minimum Gasteiger partial charge on any atom is -0.507 e. The van der Waals surface area contributed by atoms with Crippen LogP contribution < -0.4 is 9.47 Å². The van der Waals surface area contributed by atoms with Crippen LogP contribution in [0.1, 0.15) is 49.4 Å². The number of aliphatic hydroxyl groups excluding tert-OH is 1. The van der Waals surface area contributed by atoms with Gasteiger partial charge in [-0.25, -0.2) is 0 Å². The summed E-state index contributed by atoms with van der Waals surface area (Å²) in [7, 11) is 1.54. The van der Waals surface area contributed by atoms with Crippen molar-refractivity contribution in [2.45, 2.75) is 45.3 Å². The Bertz CT molecular complexity index is 1080. The van der Waals surface area contributed by atoms with Gasteiger partial charge in [0.2, 0.25) is 0 Å². The molecule has 2 fully saturated rings. The lowest BCUT2D eigenvalue weighted by atomic mass is 9.94. The highest BCUT2D eigenvalue weighted by molar-refractivity contribution is 6.46. The van der Waals surface area contributed by atoms with Crippen molar-refractivity contribution in [2.75, 3.05) is 26.9 Å². The van der Waals surface area contributed by atoms with E-state index in [0.717, 1.165) is 24.8 Å². The summed E-state index contributed by atoms with van der Waals surface area (Å²) in [6, 6.07) is 11.9. The van der Waals surface area contributed by atoms with Gasteiger partial charge in [-0.3, -0.25) is 9.59 Å². The maximum absolute atomic E-state index is 13.2. The molecule has 2 aromatic rings. The number of benzene rings is 2. The van der Waals surface area contributed by atoms with Crippen molar-refractivity contribution < 1.29 is 28.9 Å². The third-order valence-electron chi connectivity index (χ3n) is 6.40. The molecule has 1 N–H and O–H groups in total. The third-order valence-corrected chi connectivity index (χ3v) is 6.40. The lowest BCUT2D eigenvalue weighted by Gasteiger charge is -2.28. The molecular formula is C27H31NO6. The second-order valence-electron chi connectivity index (χ2n) is 8.48. The summed E-state index contributed by atoms with van der Waals surface area (Å²) < 4.78 is 16.9. The number of amides is 1. The number of methoxy groups -OCH3 is 1. The van der Waals surface area contributed by atoms with Crippen LogP contribution in [0.5, 0.6) is 11.5 Å². The Balaban J connectivity index is 1.82. The molecule has 4 rings (SSSR count). The van der Waals surface area contributed by atoms with Crippen LogP contribution in [0.4, 0.5) is 0 Å². The Kier molecular flexibility index (Phi) is 7.22. The van der Waals surface area contributed by atoms with E-state index < -0.39 is 17.7 Å². The third kappa shape index (κ3) is 4.53. The predicted octanol–water partition coefficient (Wildman–Crippen LogP) is 4.26. The van der Waals surface area contributed by atoms with Gasteiger partial charge in [0, 0.05) is 18.7 Å². The van der Waals surface area contributed by atoms with Gasteiger partial charge in [0.15, 0.2) is 11.5 Å². The SMILES string of the molecule is CCOc1ccc(C2/C(=C(/O)c3ccc(CC)cc3)C(=O)C(=O)N2CC2CCCO2)cc1OC. The van der Waals surface area contributed by atoms with Crippen molar-refractivity contribution >= 4 is 17.4 Å². The van der Waals surface area contributed by atoms with Crippen LogP contribution in [-0.4, -0.2) is 54.7 Å². The molecule has 0 saturated carbocycles. The first kappa shape index (κ1) is 23.8. The zero-order chi connectivity index (χ0) is 24.2. The number of likely N-dealkylation sites (tertiary alicyclic amines) is 1. The second kappa shape index (κ2) is 10.3. The van der Waals surface area contributed by atoms with E-state index in [2.05, 4.69) is 0 Å². The Hall–Kier alpha value is -3.32. The van der Waals surface area contributed by atoms with E-state index in [0.29, 0.717) is 35.8 Å². The van der Waals surface area contributed by atoms with Crippen LogP contribution in [0.15, 0.2) is 48.0 Å². The minimum absolute atomic E-state index is 0.0680. The Labute approximate surface area is 199 Å². The molecule has 7 heteroatoms. The summed E-state index contributed by atoms with van der Waals surface area (Å²) in [4.78, 5) is 27.9. The molecule has 1 amide bonds. The van der Waals surface area contributed by atoms with E-state index in [1.165, 1.54) is 4.90 Å². The zero-order valence-corrected chi connectivity index (χ0v) is 19.9. The number of nitrogens with zero attached hydrogens (tertiary/aromatic N) is 1. The van der Waals surface area contributed by atoms with Crippen LogP contribution in [0.2, 0.25) is 0 Å². The molecular weight excluding hydrogens is 434 g/mol. The van der Waals surface area contributed by atoms with Gasteiger partial charge in [-0.15, -0.1) is 0 Å². The first-order chi connectivity index (χ1) is 16.5. The van der Waals surface area contributed by atoms with Crippen LogP contribution in [0.25, 0.3) is 5.76 Å². The van der Waals surface area contributed by atoms with Gasteiger partial charge in [0.05, 0.1) is 31.4 Å². The fraction of sp³-hybridized carbons (Fsp3) is 0.407. The monoisotopic (exact) mass is 465 g/mol. The molecule has 180 valence electrons. The highest BCUT2D eigenvalue weighted by Crippen LogP contribution is 2.42. The van der Waals surface area contributed by atoms with E-state index in [-0.39, 0.29) is 24.0 Å². The summed E-state index contributed by atoms with van der Waals surface area (Å²) in [6.07, 6.45) is 2.45. The lowest BCUT2D eigenvalue weighted by Crippen LogP contribution is -2.36. The van der Waals surface area contributed by atoms with Gasteiger partial charge in [-0.2, -0.15) is 0 Å². The molecule has 7 nitrogen and oxygen atoms in total. The molecule has 0 spiro atoms. The van der Waals surface area contributed by atoms with Gasteiger partial charge < -0.3 is 24.2 Å². The van der Waals surface area contributed by atoms with E-state index >= 15 is 0 Å². The molecule has 0 aromatic heterocycles. The van der Waals surface area contributed by atoms with Crippen molar-refractivity contribution in [3.63, 3.8) is 0 Å². The standard InChI is InChI=1S/C27H31NO6/c1-4-17-8-10-18(11-9-17)25(29)23-24(19-12-13-21(33-5-2)22(15-19)32-3)28(27(31)26(23)30)16-20-7-6-14-34-20/h8-13,15,20,24,29H,4-7,14,16H2,1-3H3/b25-23-. The van der Waals surface area contributed by atoms with Crippen LogP contribution in [0, 0.1) is 0 Å². The molecule has 2 aliphatic heterocycles. The summed E-state index contributed by atoms with van der Waals surface area (Å²) in [5, 5.41) is 11.2. The quantitative estimate of drug-likeness (QED) is 0.356. The molecule has 2 saturated heterocycles. The number of ketones is 1. The first-order valence-electron chi connectivity index (χ1n) is 11.8. The Morgan fingerprint density at radius 2 is 1.88 bits per heavy atom. The van der Waals surface area contributed by atoms with E-state index in [1.807, 2.05) is 26.0 Å². The number of aryl methyl sites for hydroxylation is 1. The molecule has 0 radical (unpaired) electrons. The van der Waals surface area contributed by atoms with Crippen LogP contribution in [0.3, 0.4) is 0 Å². The second-order valence-corrected chi connectivity index (χ2v) is 8.48. The summed E-state index contributed by atoms with van der Waals surface area (Å²) in [5.74, 6) is -0.462. The molecule has 0 bridgehead atoms. The average molecular weight is 466 g/mol. The topological polar surface area (TPSA) is 85.3 Å². The molecule has 2 heterocycles. The highest BCUT2D eigenvalue weighted by Gasteiger charge is 2.47. The largest absolute Gasteiger partial charge is 0.507 e. The fourth-order valence-electron chi connectivity index (χ4n) is 4.61. The van der Waals surface area contributed by atoms with Crippen molar-refractivity contribution in [1.29, 1.82) is 0 Å². The Morgan fingerprint density at radius 3 is 2.50 bits per heavy atom. The van der Waals surface area contributed by atoms with Crippen molar-refractivity contribution in [2.24, 2.45) is 0 Å². The van der Waals surface area contributed by atoms with Gasteiger partial charge >= 0.3 is 0 Å². The number of hydrogen-bond acceptors (Lipinski definition) is 6. The highest BCUT2D eigenvalue weighted by atomic mass is 16.5. The zero-order valence-electron chi connectivity index (χ0n) is 19.9. The molecule has 34 heavy (non-hydrogen) atoms. The van der Waals surface area contributed by atoms with Crippen LogP contribution in [-0.2, 0) is 20.7 Å². The van der Waals surface area contributed by atoms with Crippen molar-refractivity contribution in [1.82, 2.24) is 4.90 Å². The lowest BCUT2D eigenvalue weighted by molar-refractivity contribution is -0.140. The Morgan fingerprint density at radius 1 is 1.12 bits per heavy atom. The van der Waals surface area contributed by atoms with Gasteiger partial charge in [-0.1, -0.05) is 37.3 Å². The van der Waals surface area contributed by atoms with Gasteiger partial charge in [-0.05, 0) is 49.4 Å². The summed E-state index contributed by atoms with van der Waals surface area (Å²) in [6.45, 7) is 5.32. The molecule has 2 atom stereocenters. The predicted molar refractivity (Wildman–Crippen MR) is 128 cm³/mol.